The monoisotopic (exact) mass is 425 g/mol. The van der Waals surface area contributed by atoms with Gasteiger partial charge in [-0.05, 0) is 30.7 Å². The Morgan fingerprint density at radius 1 is 0.871 bits per heavy atom. The maximum Gasteiger partial charge on any atom is 0.147 e. The van der Waals surface area contributed by atoms with Gasteiger partial charge in [0.1, 0.15) is 22.3 Å². The first kappa shape index (κ1) is 19.0. The first-order valence-corrected chi connectivity index (χ1v) is 10.5. The molecular weight excluding hydrogens is 406 g/mol. The van der Waals surface area contributed by atoms with Crippen LogP contribution in [0.4, 0.5) is 11.5 Å². The highest BCUT2D eigenvalue weighted by Crippen LogP contribution is 2.32. The Morgan fingerprint density at radius 2 is 1.68 bits per heavy atom. The van der Waals surface area contributed by atoms with Gasteiger partial charge >= 0.3 is 0 Å². The largest absolute Gasteiger partial charge is 0.395 e. The molecule has 0 amide bonds. The molecule has 0 saturated heterocycles. The number of hydrogen-bond donors (Lipinski definition) is 2. The molecule has 0 saturated carbocycles. The van der Waals surface area contributed by atoms with Gasteiger partial charge in [0.25, 0.3) is 0 Å². The lowest BCUT2D eigenvalue weighted by molar-refractivity contribution is 1.04. The molecule has 0 unspecified atom stereocenters. The molecule has 4 N–H and O–H groups in total. The van der Waals surface area contributed by atoms with E-state index in [2.05, 4.69) is 15.0 Å². The number of pyridine rings is 2. The highest BCUT2D eigenvalue weighted by atomic mass is 32.1. The van der Waals surface area contributed by atoms with E-state index in [1.54, 1.807) is 23.7 Å². The van der Waals surface area contributed by atoms with Crippen LogP contribution in [-0.2, 0) is 0 Å². The van der Waals surface area contributed by atoms with Crippen molar-refractivity contribution in [1.29, 1.82) is 0 Å². The van der Waals surface area contributed by atoms with Crippen LogP contribution in [0.2, 0.25) is 0 Å². The van der Waals surface area contributed by atoms with E-state index in [0.717, 1.165) is 44.6 Å². The van der Waals surface area contributed by atoms with Gasteiger partial charge in [-0.15, -0.1) is 11.3 Å². The summed E-state index contributed by atoms with van der Waals surface area (Å²) in [6.45, 7) is 1.97. The topological polar surface area (TPSA) is 109 Å². The van der Waals surface area contributed by atoms with Gasteiger partial charge in [-0.2, -0.15) is 0 Å². The lowest BCUT2D eigenvalue weighted by Gasteiger charge is -2.10. The Labute approximate surface area is 183 Å². The second kappa shape index (κ2) is 7.66. The summed E-state index contributed by atoms with van der Waals surface area (Å²) in [5, 5.41) is 2.82. The summed E-state index contributed by atoms with van der Waals surface area (Å²) in [5.41, 5.74) is 18.0. The molecule has 0 aliphatic heterocycles. The zero-order chi connectivity index (χ0) is 21.4. The lowest BCUT2D eigenvalue weighted by Crippen LogP contribution is -2.00. The molecule has 0 atom stereocenters. The van der Waals surface area contributed by atoms with Crippen molar-refractivity contribution < 1.29 is 0 Å². The zero-order valence-corrected chi connectivity index (χ0v) is 17.5. The highest BCUT2D eigenvalue weighted by molar-refractivity contribution is 7.13. The van der Waals surface area contributed by atoms with E-state index in [4.69, 9.17) is 16.5 Å². The number of aryl methyl sites for hydroxylation is 1. The zero-order valence-electron chi connectivity index (χ0n) is 16.7. The van der Waals surface area contributed by atoms with Crippen LogP contribution in [-0.4, -0.2) is 24.5 Å². The van der Waals surface area contributed by atoms with Gasteiger partial charge in [0.05, 0.1) is 17.6 Å². The standard InChI is InChI=1S/C23H19N7S/c1-14-2-7-17(12-28-14)30-13-19(23-27-10-11-31-23)29-22(30)16-5-3-15(4-6-16)18-8-9-26-21(25)20(18)24/h2-13H,24H2,1H3,(H2,25,26). The van der Waals surface area contributed by atoms with E-state index in [9.17, 15) is 0 Å². The van der Waals surface area contributed by atoms with Crippen molar-refractivity contribution in [3.63, 3.8) is 0 Å². The van der Waals surface area contributed by atoms with Crippen molar-refractivity contribution >= 4 is 22.8 Å². The van der Waals surface area contributed by atoms with Crippen LogP contribution in [0.25, 0.3) is 38.9 Å². The minimum atomic E-state index is 0.331. The van der Waals surface area contributed by atoms with Crippen LogP contribution < -0.4 is 11.5 Å². The van der Waals surface area contributed by atoms with E-state index < -0.39 is 0 Å². The van der Waals surface area contributed by atoms with E-state index >= 15 is 0 Å². The van der Waals surface area contributed by atoms with Crippen LogP contribution in [0.15, 0.2) is 72.6 Å². The summed E-state index contributed by atoms with van der Waals surface area (Å²) in [6, 6.07) is 14.0. The second-order valence-electron chi connectivity index (χ2n) is 7.05. The van der Waals surface area contributed by atoms with E-state index in [-0.39, 0.29) is 0 Å². The molecule has 31 heavy (non-hydrogen) atoms. The molecule has 0 aliphatic rings. The van der Waals surface area contributed by atoms with E-state index in [0.29, 0.717) is 11.5 Å². The molecule has 5 aromatic rings. The van der Waals surface area contributed by atoms with Crippen LogP contribution >= 0.6 is 11.3 Å². The maximum absolute atomic E-state index is 6.12. The highest BCUT2D eigenvalue weighted by Gasteiger charge is 2.15. The molecule has 5 rings (SSSR count). The van der Waals surface area contributed by atoms with Crippen molar-refractivity contribution in [2.45, 2.75) is 6.92 Å². The number of nitrogen functional groups attached to an aromatic ring is 2. The fraction of sp³-hybridized carbons (Fsp3) is 0.0435. The van der Waals surface area contributed by atoms with Gasteiger partial charge in [-0.25, -0.2) is 15.0 Å². The number of thiazole rings is 1. The Morgan fingerprint density at radius 3 is 2.39 bits per heavy atom. The van der Waals surface area contributed by atoms with Gasteiger partial charge < -0.3 is 11.5 Å². The van der Waals surface area contributed by atoms with E-state index in [1.807, 2.05) is 71.7 Å². The molecule has 4 heterocycles. The molecule has 0 aliphatic carbocycles. The van der Waals surface area contributed by atoms with Crippen molar-refractivity contribution in [1.82, 2.24) is 24.5 Å². The molecule has 8 heteroatoms. The number of benzene rings is 1. The molecule has 7 nitrogen and oxygen atoms in total. The summed E-state index contributed by atoms with van der Waals surface area (Å²) in [4.78, 5) is 17.8. The van der Waals surface area contributed by atoms with Crippen molar-refractivity contribution in [3.05, 3.63) is 78.3 Å². The Balaban J connectivity index is 1.60. The lowest BCUT2D eigenvalue weighted by atomic mass is 10.0. The molecule has 4 aromatic heterocycles. The summed E-state index contributed by atoms with van der Waals surface area (Å²) >= 11 is 1.56. The first-order valence-electron chi connectivity index (χ1n) is 9.63. The van der Waals surface area contributed by atoms with Crippen molar-refractivity contribution in [2.75, 3.05) is 11.5 Å². The number of anilines is 2. The van der Waals surface area contributed by atoms with Crippen LogP contribution in [0.5, 0.6) is 0 Å². The molecular formula is C23H19N7S. The molecule has 0 bridgehead atoms. The number of imidazole rings is 1. The fourth-order valence-electron chi connectivity index (χ4n) is 3.38. The van der Waals surface area contributed by atoms with Crippen molar-refractivity contribution in [2.24, 2.45) is 0 Å². The second-order valence-corrected chi connectivity index (χ2v) is 7.94. The molecule has 0 fully saturated rings. The minimum Gasteiger partial charge on any atom is -0.395 e. The third-order valence-electron chi connectivity index (χ3n) is 5.01. The minimum absolute atomic E-state index is 0.331. The number of nitrogens with zero attached hydrogens (tertiary/aromatic N) is 5. The summed E-state index contributed by atoms with van der Waals surface area (Å²) in [7, 11) is 0. The number of rotatable bonds is 4. The molecule has 0 spiro atoms. The van der Waals surface area contributed by atoms with E-state index in [1.165, 1.54) is 0 Å². The average molecular weight is 426 g/mol. The Kier molecular flexibility index (Phi) is 4.68. The average Bonchev–Trinajstić information content (AvgIpc) is 3.47. The smallest absolute Gasteiger partial charge is 0.147 e. The normalized spacial score (nSPS) is 11.0. The predicted octanol–water partition coefficient (Wildman–Crippen LogP) is 4.59. The third-order valence-corrected chi connectivity index (χ3v) is 5.80. The Hall–Kier alpha value is -4.04. The molecule has 1 aromatic carbocycles. The summed E-state index contributed by atoms with van der Waals surface area (Å²) in [6.07, 6.45) is 7.29. The predicted molar refractivity (Wildman–Crippen MR) is 125 cm³/mol. The number of nitrogens with two attached hydrogens (primary N) is 2. The van der Waals surface area contributed by atoms with Gasteiger partial charge in [0.15, 0.2) is 0 Å². The van der Waals surface area contributed by atoms with Gasteiger partial charge in [0.2, 0.25) is 0 Å². The fourth-order valence-corrected chi connectivity index (χ4v) is 3.97. The maximum atomic E-state index is 6.12. The molecule has 0 radical (unpaired) electrons. The Bertz CT molecular complexity index is 1340. The third kappa shape index (κ3) is 3.53. The summed E-state index contributed by atoms with van der Waals surface area (Å²) in [5.74, 6) is 1.14. The van der Waals surface area contributed by atoms with Gasteiger partial charge in [-0.1, -0.05) is 24.3 Å². The van der Waals surface area contributed by atoms with Gasteiger partial charge in [0, 0.05) is 40.8 Å². The van der Waals surface area contributed by atoms with Crippen LogP contribution in [0, 0.1) is 6.92 Å². The quantitative estimate of drug-likeness (QED) is 0.436. The summed E-state index contributed by atoms with van der Waals surface area (Å²) < 4.78 is 2.04. The number of hydrogen-bond acceptors (Lipinski definition) is 7. The van der Waals surface area contributed by atoms with Crippen LogP contribution in [0.1, 0.15) is 5.69 Å². The van der Waals surface area contributed by atoms with Gasteiger partial charge in [-0.3, -0.25) is 9.55 Å². The SMILES string of the molecule is Cc1ccc(-n2cc(-c3nccs3)nc2-c2ccc(-c3ccnc(N)c3N)cc2)cn1. The number of aromatic nitrogens is 5. The van der Waals surface area contributed by atoms with Crippen molar-refractivity contribution in [3.8, 4) is 38.9 Å². The molecule has 152 valence electrons. The van der Waals surface area contributed by atoms with Crippen LogP contribution in [0.3, 0.4) is 0 Å². The first-order chi connectivity index (χ1) is 15.1.